The first kappa shape index (κ1) is 74.1. The molecule has 2 aromatic heterocycles. The molecule has 0 radical (unpaired) electrons. The number of carbonyl (C=O) groups excluding carboxylic acids is 7. The van der Waals surface area contributed by atoms with Crippen LogP contribution in [0.4, 0.5) is 10.5 Å². The Morgan fingerprint density at radius 1 is 0.653 bits per heavy atom. The minimum Gasteiger partial charge on any atom is -0.363 e. The van der Waals surface area contributed by atoms with E-state index >= 15 is 0 Å². The fraction of sp³-hybridized carbons (Fsp3) is 0.544. The predicted octanol–water partition coefficient (Wildman–Crippen LogP) is 4.38. The number of unbranched alkanes of at least 4 members (excludes halogenated alkanes) is 3. The van der Waals surface area contributed by atoms with Gasteiger partial charge in [0.2, 0.25) is 45.8 Å². The number of ether oxygens (including phenoxy) is 2. The van der Waals surface area contributed by atoms with Crippen molar-refractivity contribution in [1.82, 2.24) is 87.4 Å². The number of anilines is 1. The van der Waals surface area contributed by atoms with Crippen molar-refractivity contribution in [2.75, 3.05) is 58.0 Å². The summed E-state index contributed by atoms with van der Waals surface area (Å²) in [6.45, 7) is 8.75. The first-order chi connectivity index (χ1) is 47.5. The Morgan fingerprint density at radius 2 is 1.16 bits per heavy atom. The standard InChI is InChI=1S/C68H90N18O9S3/c1-44(69-5)62(89)74-59(64(91)83-34-18-24-51(83)41-85-67(77-79-81-85)97-53-26-10-7-11-27-53)46(3)94-36-20-22-48-38-49(40-50(39-48)72-58(88)32-14-9-17-33-71-57(87)31-16-15-30-56-61-55(43-96-56)73-66(93)76-61)23-21-37-95-47(4)60(75-63(90)45(2)70-6)65(92)84-35-19-25-52(84)42-86-68(78-80-82-86)98-54-28-12-8-13-29-54/h7-8,10-13,26-29,38-40,44-47,51-52,55-56,59-61,69-70H,9,14-19,24-25,30-37,41-43H2,1-6H3,(H,71,87)(H,72,88)(H,74,89)(H,75,90)(H2,73,76,93)/t44-,45-,46+,47?,51-,52-,55-,56?,59-,60-,61-/m0/s1. The van der Waals surface area contributed by atoms with Gasteiger partial charge in [-0.2, -0.15) is 11.8 Å². The molecule has 4 saturated heterocycles. The molecule has 30 heteroatoms. The number of urea groups is 1. The van der Waals surface area contributed by atoms with Crippen LogP contribution in [0, 0.1) is 23.7 Å². The summed E-state index contributed by atoms with van der Waals surface area (Å²) in [5.74, 6) is 11.7. The summed E-state index contributed by atoms with van der Waals surface area (Å²) in [5, 5.41) is 50.2. The fourth-order valence-electron chi connectivity index (χ4n) is 12.0. The maximum Gasteiger partial charge on any atom is 0.315 e. The van der Waals surface area contributed by atoms with Crippen LogP contribution in [0.2, 0.25) is 0 Å². The number of rotatable bonds is 34. The van der Waals surface area contributed by atoms with Crippen molar-refractivity contribution < 1.29 is 43.0 Å². The van der Waals surface area contributed by atoms with E-state index in [0.717, 1.165) is 47.6 Å². The number of fused-ring (bicyclic) bond motifs is 1. The average molecular weight is 1400 g/mol. The molecule has 9 rings (SSSR count). The van der Waals surface area contributed by atoms with Gasteiger partial charge in [-0.25, -0.2) is 14.2 Å². The van der Waals surface area contributed by atoms with E-state index in [1.807, 2.05) is 72.4 Å². The molecule has 98 heavy (non-hydrogen) atoms. The molecule has 8 amide bonds. The van der Waals surface area contributed by atoms with Crippen molar-refractivity contribution in [3.8, 4) is 23.7 Å². The lowest BCUT2D eigenvalue weighted by Crippen LogP contribution is -2.58. The van der Waals surface area contributed by atoms with Crippen LogP contribution in [0.5, 0.6) is 0 Å². The molecule has 8 N–H and O–H groups in total. The number of tetrazole rings is 2. The number of benzene rings is 3. The molecule has 11 atom stereocenters. The number of carbonyl (C=O) groups is 7. The monoisotopic (exact) mass is 1400 g/mol. The first-order valence-electron chi connectivity index (χ1n) is 33.7. The number of likely N-dealkylation sites (N-methyl/N-ethyl adjacent to an activating group) is 2. The van der Waals surface area contributed by atoms with Crippen molar-refractivity contribution in [3.63, 3.8) is 0 Å². The second-order valence-electron chi connectivity index (χ2n) is 24.8. The van der Waals surface area contributed by atoms with E-state index in [0.29, 0.717) is 104 Å². The number of thioether (sulfide) groups is 1. The lowest BCUT2D eigenvalue weighted by atomic mass is 10.0. The fourth-order valence-corrected chi connectivity index (χ4v) is 15.1. The molecule has 4 aliphatic rings. The van der Waals surface area contributed by atoms with Crippen molar-refractivity contribution in [2.24, 2.45) is 0 Å². The van der Waals surface area contributed by atoms with Crippen LogP contribution in [-0.2, 0) is 51.3 Å². The lowest BCUT2D eigenvalue weighted by Gasteiger charge is -2.32. The van der Waals surface area contributed by atoms with Gasteiger partial charge in [0.25, 0.3) is 0 Å². The molecule has 0 aliphatic carbocycles. The Labute approximate surface area is 585 Å². The van der Waals surface area contributed by atoms with Gasteiger partial charge in [-0.05, 0) is 180 Å². The Bertz CT molecular complexity index is 3440. The Kier molecular flexibility index (Phi) is 28.6. The van der Waals surface area contributed by atoms with Gasteiger partial charge in [-0.3, -0.25) is 28.8 Å². The lowest BCUT2D eigenvalue weighted by molar-refractivity contribution is -0.142. The summed E-state index contributed by atoms with van der Waals surface area (Å²) in [6.07, 6.45) is 6.55. The van der Waals surface area contributed by atoms with E-state index in [1.54, 1.807) is 79.2 Å². The summed E-state index contributed by atoms with van der Waals surface area (Å²) in [6, 6.07) is 21.1. The second-order valence-corrected chi connectivity index (χ2v) is 28.1. The number of nitrogens with zero attached hydrogens (tertiary/aromatic N) is 10. The van der Waals surface area contributed by atoms with Crippen LogP contribution in [-0.4, -0.2) is 210 Å². The summed E-state index contributed by atoms with van der Waals surface area (Å²) < 4.78 is 15.9. The zero-order valence-electron chi connectivity index (χ0n) is 56.4. The smallest absolute Gasteiger partial charge is 0.315 e. The number of aromatic nitrogens is 8. The summed E-state index contributed by atoms with van der Waals surface area (Å²) in [5.41, 5.74) is 1.43. The highest BCUT2D eigenvalue weighted by Gasteiger charge is 2.43. The molecular weight excluding hydrogens is 1310 g/mol. The van der Waals surface area contributed by atoms with Crippen LogP contribution in [0.25, 0.3) is 0 Å². The van der Waals surface area contributed by atoms with Crippen molar-refractivity contribution in [1.29, 1.82) is 0 Å². The van der Waals surface area contributed by atoms with Gasteiger partial charge in [0.15, 0.2) is 0 Å². The highest BCUT2D eigenvalue weighted by molar-refractivity contribution is 8.00. The van der Waals surface area contributed by atoms with Gasteiger partial charge in [-0.1, -0.05) is 72.9 Å². The zero-order valence-corrected chi connectivity index (χ0v) is 58.8. The highest BCUT2D eigenvalue weighted by atomic mass is 32.2. The summed E-state index contributed by atoms with van der Waals surface area (Å²) >= 11 is 4.73. The number of hydrogen-bond donors (Lipinski definition) is 8. The van der Waals surface area contributed by atoms with Gasteiger partial charge in [-0.15, -0.1) is 10.2 Å². The van der Waals surface area contributed by atoms with Gasteiger partial charge in [0.05, 0.1) is 61.5 Å². The largest absolute Gasteiger partial charge is 0.363 e. The van der Waals surface area contributed by atoms with E-state index in [2.05, 4.69) is 97.3 Å². The zero-order chi connectivity index (χ0) is 69.3. The minimum atomic E-state index is -1.07. The van der Waals surface area contributed by atoms with Gasteiger partial charge in [0.1, 0.15) is 25.3 Å². The number of hydrogen-bond acceptors (Lipinski definition) is 20. The molecule has 0 saturated carbocycles. The Morgan fingerprint density at radius 3 is 1.68 bits per heavy atom. The average Bonchev–Trinajstić information content (AvgIpc) is 1.64. The van der Waals surface area contributed by atoms with Gasteiger partial charge in [0, 0.05) is 70.1 Å². The normalized spacial score (nSPS) is 19.7. The molecule has 27 nitrogen and oxygen atoms in total. The third-order valence-corrected chi connectivity index (χ3v) is 21.2. The molecule has 5 aromatic rings. The molecule has 6 heterocycles. The topological polar surface area (TPSA) is 328 Å². The molecule has 524 valence electrons. The molecule has 2 unspecified atom stereocenters. The van der Waals surface area contributed by atoms with Crippen LogP contribution in [0.15, 0.2) is 99.0 Å². The maximum atomic E-state index is 14.6. The van der Waals surface area contributed by atoms with Crippen LogP contribution in [0.3, 0.4) is 0 Å². The predicted molar refractivity (Wildman–Crippen MR) is 372 cm³/mol. The maximum absolute atomic E-state index is 14.6. The molecule has 4 fully saturated rings. The van der Waals surface area contributed by atoms with E-state index in [9.17, 15) is 33.6 Å². The molecule has 3 aromatic carbocycles. The van der Waals surface area contributed by atoms with Gasteiger partial charge >= 0.3 is 6.03 Å². The van der Waals surface area contributed by atoms with E-state index < -0.39 is 36.4 Å². The molecule has 0 spiro atoms. The quantitative estimate of drug-likeness (QED) is 0.0161. The molecule has 4 aliphatic heterocycles. The van der Waals surface area contributed by atoms with E-state index in [-0.39, 0.29) is 85.3 Å². The van der Waals surface area contributed by atoms with Crippen molar-refractivity contribution >= 4 is 82.4 Å². The molecule has 0 bridgehead atoms. The number of nitrogens with one attached hydrogen (secondary N) is 8. The number of likely N-dealkylation sites (tertiary alicyclic amines) is 2. The highest BCUT2D eigenvalue weighted by Crippen LogP contribution is 2.34. The van der Waals surface area contributed by atoms with Gasteiger partial charge < -0.3 is 61.8 Å². The van der Waals surface area contributed by atoms with Crippen molar-refractivity contribution in [2.45, 2.75) is 204 Å². The van der Waals surface area contributed by atoms with E-state index in [4.69, 9.17) is 9.47 Å². The number of amides is 8. The summed E-state index contributed by atoms with van der Waals surface area (Å²) in [7, 11) is 3.33. The van der Waals surface area contributed by atoms with Crippen LogP contribution < -0.4 is 42.5 Å². The SMILES string of the molecule is CN[C@@H](C)C(=O)N[C@H](C(=O)N1CCC[C@H]1Cn1nnnc1Sc1ccccc1)C(C)OCC#Cc1cc(C#CCO[C@H](C)[C@H](NC(=O)[C@H](C)NC)C(=O)N2CCC[C@H]2Cn2nnnc2Sc2ccccc2)cc(NC(=O)CCCCCNC(=O)CCCCC2SC[C@@H]3NC(=O)N[C@H]23)c1. The Hall–Kier alpha value is -8.10. The van der Waals surface area contributed by atoms with Crippen LogP contribution >= 0.6 is 35.3 Å². The Balaban J connectivity index is 0.839. The minimum absolute atomic E-state index is 0.000566. The van der Waals surface area contributed by atoms with Crippen molar-refractivity contribution in [3.05, 3.63) is 90.0 Å². The second kappa shape index (κ2) is 37.7. The summed E-state index contributed by atoms with van der Waals surface area (Å²) in [4.78, 5) is 99.7. The molecular formula is C68H90N18O9S3. The van der Waals surface area contributed by atoms with Crippen LogP contribution in [0.1, 0.15) is 116 Å². The first-order valence-corrected chi connectivity index (χ1v) is 36.4. The third-order valence-electron chi connectivity index (χ3n) is 17.7. The van der Waals surface area contributed by atoms with E-state index in [1.165, 1.54) is 23.5 Å². The third kappa shape index (κ3) is 21.7.